The van der Waals surface area contributed by atoms with Crippen molar-refractivity contribution < 1.29 is 9.59 Å². The molecule has 1 aliphatic rings. The molecular weight excluding hydrogens is 278 g/mol. The fourth-order valence-corrected chi connectivity index (χ4v) is 3.03. The van der Waals surface area contributed by atoms with Crippen LogP contribution in [0.1, 0.15) is 57.1 Å². The van der Waals surface area contributed by atoms with Gasteiger partial charge in [0.15, 0.2) is 0 Å². The number of nitrogens with two attached hydrogens (primary N) is 1. The SMILES string of the molecule is C[C@@H](NC(=O)CC1CCCCC1)c1ccc(NC(N)=O)cc1. The summed E-state index contributed by atoms with van der Waals surface area (Å²) in [5.74, 6) is 0.668. The Morgan fingerprint density at radius 2 is 1.82 bits per heavy atom. The number of nitrogens with one attached hydrogen (secondary N) is 2. The van der Waals surface area contributed by atoms with Crippen LogP contribution in [0.5, 0.6) is 0 Å². The van der Waals surface area contributed by atoms with E-state index in [1.54, 1.807) is 12.1 Å². The highest BCUT2D eigenvalue weighted by Gasteiger charge is 2.18. The minimum absolute atomic E-state index is 0.0429. The molecule has 0 heterocycles. The van der Waals surface area contributed by atoms with E-state index >= 15 is 0 Å². The average Bonchev–Trinajstić information content (AvgIpc) is 2.48. The van der Waals surface area contributed by atoms with E-state index < -0.39 is 6.03 Å². The number of primary amides is 1. The molecule has 0 aromatic heterocycles. The van der Waals surface area contributed by atoms with Crippen LogP contribution in [0.4, 0.5) is 10.5 Å². The van der Waals surface area contributed by atoms with Crippen molar-refractivity contribution in [1.29, 1.82) is 0 Å². The highest BCUT2D eigenvalue weighted by atomic mass is 16.2. The summed E-state index contributed by atoms with van der Waals surface area (Å²) in [6, 6.07) is 6.71. The van der Waals surface area contributed by atoms with Crippen LogP contribution >= 0.6 is 0 Å². The summed E-state index contributed by atoms with van der Waals surface area (Å²) >= 11 is 0. The minimum Gasteiger partial charge on any atom is -0.351 e. The maximum atomic E-state index is 12.1. The molecular formula is C17H25N3O2. The molecule has 1 aromatic carbocycles. The molecule has 0 aliphatic heterocycles. The Hall–Kier alpha value is -2.04. The first-order valence-corrected chi connectivity index (χ1v) is 8.00. The molecule has 0 saturated heterocycles. The molecule has 4 N–H and O–H groups in total. The lowest BCUT2D eigenvalue weighted by molar-refractivity contribution is -0.122. The van der Waals surface area contributed by atoms with Crippen LogP contribution in [0.2, 0.25) is 0 Å². The number of carbonyl (C=O) groups excluding carboxylic acids is 2. The molecule has 5 nitrogen and oxygen atoms in total. The lowest BCUT2D eigenvalue weighted by Gasteiger charge is -2.22. The molecule has 1 fully saturated rings. The standard InChI is InChI=1S/C17H25N3O2/c1-12(14-7-9-15(10-8-14)20-17(18)22)19-16(21)11-13-5-3-2-4-6-13/h7-10,12-13H,2-6,11H2,1H3,(H,19,21)(H3,18,20,22)/t12-/m1/s1. The summed E-state index contributed by atoms with van der Waals surface area (Å²) in [6.07, 6.45) is 6.79. The number of amides is 3. The quantitative estimate of drug-likeness (QED) is 0.779. The van der Waals surface area contributed by atoms with Gasteiger partial charge in [-0.25, -0.2) is 4.79 Å². The van der Waals surface area contributed by atoms with Crippen LogP contribution in [-0.4, -0.2) is 11.9 Å². The highest BCUT2D eigenvalue weighted by molar-refractivity contribution is 5.87. The lowest BCUT2D eigenvalue weighted by Crippen LogP contribution is -2.29. The Balaban J connectivity index is 1.83. The molecule has 22 heavy (non-hydrogen) atoms. The van der Waals surface area contributed by atoms with E-state index in [-0.39, 0.29) is 11.9 Å². The smallest absolute Gasteiger partial charge is 0.316 e. The Bertz CT molecular complexity index is 507. The van der Waals surface area contributed by atoms with Gasteiger partial charge in [0.2, 0.25) is 5.91 Å². The van der Waals surface area contributed by atoms with Gasteiger partial charge in [-0.15, -0.1) is 0 Å². The van der Waals surface area contributed by atoms with E-state index in [0.29, 0.717) is 18.0 Å². The molecule has 5 heteroatoms. The normalized spacial score (nSPS) is 16.8. The van der Waals surface area contributed by atoms with Gasteiger partial charge in [-0.05, 0) is 43.4 Å². The number of anilines is 1. The molecule has 1 saturated carbocycles. The summed E-state index contributed by atoms with van der Waals surface area (Å²) in [5.41, 5.74) is 6.73. The van der Waals surface area contributed by atoms with Gasteiger partial charge in [0, 0.05) is 12.1 Å². The Labute approximate surface area is 131 Å². The first-order chi connectivity index (χ1) is 10.5. The van der Waals surface area contributed by atoms with Gasteiger partial charge in [-0.2, -0.15) is 0 Å². The number of urea groups is 1. The topological polar surface area (TPSA) is 84.2 Å². The molecule has 1 aromatic rings. The summed E-state index contributed by atoms with van der Waals surface area (Å²) in [6.45, 7) is 1.97. The van der Waals surface area contributed by atoms with Crippen LogP contribution in [0.15, 0.2) is 24.3 Å². The van der Waals surface area contributed by atoms with Crippen molar-refractivity contribution in [2.45, 2.75) is 51.5 Å². The van der Waals surface area contributed by atoms with Crippen molar-refractivity contribution >= 4 is 17.6 Å². The molecule has 1 atom stereocenters. The summed E-state index contributed by atoms with van der Waals surface area (Å²) in [5, 5.41) is 5.57. The first kappa shape index (κ1) is 16.3. The van der Waals surface area contributed by atoms with Crippen molar-refractivity contribution in [1.82, 2.24) is 5.32 Å². The minimum atomic E-state index is -0.582. The number of hydrogen-bond acceptors (Lipinski definition) is 2. The zero-order valence-electron chi connectivity index (χ0n) is 13.1. The fraction of sp³-hybridized carbons (Fsp3) is 0.529. The third-order valence-corrected chi connectivity index (χ3v) is 4.25. The van der Waals surface area contributed by atoms with E-state index in [1.165, 1.54) is 32.1 Å². The van der Waals surface area contributed by atoms with Crippen LogP contribution < -0.4 is 16.4 Å². The third kappa shape index (κ3) is 5.06. The monoisotopic (exact) mass is 303 g/mol. The number of rotatable bonds is 5. The van der Waals surface area contributed by atoms with Crippen molar-refractivity contribution in [3.63, 3.8) is 0 Å². The highest BCUT2D eigenvalue weighted by Crippen LogP contribution is 2.26. The van der Waals surface area contributed by atoms with Crippen LogP contribution in [-0.2, 0) is 4.79 Å². The first-order valence-electron chi connectivity index (χ1n) is 8.00. The number of hydrogen-bond donors (Lipinski definition) is 3. The molecule has 1 aliphatic carbocycles. The maximum Gasteiger partial charge on any atom is 0.316 e. The van der Waals surface area contributed by atoms with E-state index in [0.717, 1.165) is 5.56 Å². The van der Waals surface area contributed by atoms with Crippen LogP contribution in [0.25, 0.3) is 0 Å². The van der Waals surface area contributed by atoms with Gasteiger partial charge >= 0.3 is 6.03 Å². The van der Waals surface area contributed by atoms with Gasteiger partial charge in [0.1, 0.15) is 0 Å². The fourth-order valence-electron chi connectivity index (χ4n) is 3.03. The third-order valence-electron chi connectivity index (χ3n) is 4.25. The Morgan fingerprint density at radius 3 is 2.41 bits per heavy atom. The molecule has 0 bridgehead atoms. The van der Waals surface area contributed by atoms with Crippen molar-refractivity contribution in [3.05, 3.63) is 29.8 Å². The second-order valence-corrected chi connectivity index (χ2v) is 6.11. The summed E-state index contributed by atoms with van der Waals surface area (Å²) in [7, 11) is 0. The van der Waals surface area contributed by atoms with Gasteiger partial charge < -0.3 is 16.4 Å². The Kier molecular flexibility index (Phi) is 5.81. The zero-order chi connectivity index (χ0) is 15.9. The number of carbonyl (C=O) groups is 2. The van der Waals surface area contributed by atoms with Crippen molar-refractivity contribution in [2.75, 3.05) is 5.32 Å². The van der Waals surface area contributed by atoms with Gasteiger partial charge in [-0.3, -0.25) is 4.79 Å². The number of benzene rings is 1. The zero-order valence-corrected chi connectivity index (χ0v) is 13.1. The lowest BCUT2D eigenvalue weighted by atomic mass is 9.87. The maximum absolute atomic E-state index is 12.1. The molecule has 0 unspecified atom stereocenters. The second-order valence-electron chi connectivity index (χ2n) is 6.11. The average molecular weight is 303 g/mol. The largest absolute Gasteiger partial charge is 0.351 e. The van der Waals surface area contributed by atoms with Crippen LogP contribution in [0, 0.1) is 5.92 Å². The van der Waals surface area contributed by atoms with E-state index in [9.17, 15) is 9.59 Å². The predicted molar refractivity (Wildman–Crippen MR) is 87.4 cm³/mol. The van der Waals surface area contributed by atoms with Gasteiger partial charge in [-0.1, -0.05) is 31.4 Å². The summed E-state index contributed by atoms with van der Waals surface area (Å²) in [4.78, 5) is 22.9. The van der Waals surface area contributed by atoms with Gasteiger partial charge in [0.05, 0.1) is 6.04 Å². The van der Waals surface area contributed by atoms with E-state index in [2.05, 4.69) is 10.6 Å². The Morgan fingerprint density at radius 1 is 1.18 bits per heavy atom. The summed E-state index contributed by atoms with van der Waals surface area (Å²) < 4.78 is 0. The predicted octanol–water partition coefficient (Wildman–Crippen LogP) is 3.32. The van der Waals surface area contributed by atoms with E-state index in [4.69, 9.17) is 5.73 Å². The van der Waals surface area contributed by atoms with Gasteiger partial charge in [0.25, 0.3) is 0 Å². The molecule has 3 amide bonds. The van der Waals surface area contributed by atoms with E-state index in [1.807, 2.05) is 19.1 Å². The molecule has 0 spiro atoms. The van der Waals surface area contributed by atoms with Crippen molar-refractivity contribution in [2.24, 2.45) is 11.7 Å². The van der Waals surface area contributed by atoms with Crippen molar-refractivity contribution in [3.8, 4) is 0 Å². The second kappa shape index (κ2) is 7.82. The van der Waals surface area contributed by atoms with Crippen LogP contribution in [0.3, 0.4) is 0 Å². The molecule has 2 rings (SSSR count). The molecule has 0 radical (unpaired) electrons. The molecule has 120 valence electrons.